The summed E-state index contributed by atoms with van der Waals surface area (Å²) in [7, 11) is 0. The Morgan fingerprint density at radius 3 is 2.66 bits per heavy atom. The first-order valence-electron chi connectivity index (χ1n) is 11.3. The molecule has 3 aliphatic heterocycles. The highest BCUT2D eigenvalue weighted by Crippen LogP contribution is 2.40. The van der Waals surface area contributed by atoms with Crippen molar-refractivity contribution in [2.75, 3.05) is 39.3 Å². The lowest BCUT2D eigenvalue weighted by molar-refractivity contribution is -0.141. The molecular formula is C24H34N2O3. The molecular weight excluding hydrogens is 364 g/mol. The van der Waals surface area contributed by atoms with E-state index in [-0.39, 0.29) is 11.9 Å². The van der Waals surface area contributed by atoms with Crippen molar-refractivity contribution in [2.45, 2.75) is 57.5 Å². The van der Waals surface area contributed by atoms with Gasteiger partial charge in [-0.1, -0.05) is 30.3 Å². The second-order valence-electron chi connectivity index (χ2n) is 9.14. The van der Waals surface area contributed by atoms with Crippen molar-refractivity contribution in [1.82, 2.24) is 9.80 Å². The molecule has 1 amide bonds. The van der Waals surface area contributed by atoms with Crippen LogP contribution in [0.5, 0.6) is 0 Å². The molecule has 0 radical (unpaired) electrons. The minimum Gasteiger partial charge on any atom is -0.376 e. The number of ketones is 1. The molecule has 4 rings (SSSR count). The fourth-order valence-electron chi connectivity index (χ4n) is 5.19. The summed E-state index contributed by atoms with van der Waals surface area (Å²) >= 11 is 0. The number of rotatable bonds is 7. The van der Waals surface area contributed by atoms with E-state index in [4.69, 9.17) is 4.74 Å². The van der Waals surface area contributed by atoms with Crippen molar-refractivity contribution in [3.8, 4) is 0 Å². The molecule has 0 aliphatic carbocycles. The molecule has 29 heavy (non-hydrogen) atoms. The zero-order valence-corrected chi connectivity index (χ0v) is 17.5. The number of Topliss-reactive ketones (excluding diaryl/α,β-unsaturated/α-hetero) is 1. The lowest BCUT2D eigenvalue weighted by atomic mass is 9.72. The Kier molecular flexibility index (Phi) is 6.66. The second-order valence-corrected chi connectivity index (χ2v) is 9.14. The van der Waals surface area contributed by atoms with E-state index in [0.717, 1.165) is 83.4 Å². The smallest absolute Gasteiger partial charge is 0.222 e. The fourth-order valence-corrected chi connectivity index (χ4v) is 5.19. The zero-order chi connectivity index (χ0) is 20.1. The molecule has 5 heteroatoms. The molecule has 1 atom stereocenters. The zero-order valence-electron chi connectivity index (χ0n) is 17.5. The van der Waals surface area contributed by atoms with Gasteiger partial charge in [-0.25, -0.2) is 0 Å². The average molecular weight is 399 g/mol. The molecule has 158 valence electrons. The van der Waals surface area contributed by atoms with Crippen LogP contribution in [-0.2, 0) is 9.53 Å². The van der Waals surface area contributed by atoms with E-state index in [1.54, 1.807) is 0 Å². The highest BCUT2D eigenvalue weighted by molar-refractivity contribution is 5.95. The van der Waals surface area contributed by atoms with Gasteiger partial charge in [-0.05, 0) is 63.6 Å². The molecule has 1 spiro atoms. The largest absolute Gasteiger partial charge is 0.376 e. The number of amides is 1. The van der Waals surface area contributed by atoms with Crippen molar-refractivity contribution in [3.63, 3.8) is 0 Å². The van der Waals surface area contributed by atoms with E-state index in [1.807, 2.05) is 30.3 Å². The molecule has 0 bridgehead atoms. The first kappa shape index (κ1) is 20.5. The lowest BCUT2D eigenvalue weighted by Gasteiger charge is -2.48. The number of likely N-dealkylation sites (tertiary alicyclic amines) is 2. The molecule has 0 saturated carbocycles. The Morgan fingerprint density at radius 2 is 1.93 bits per heavy atom. The standard InChI is InChI=1S/C24H34N2O3/c27-22(20-6-2-1-3-7-20)9-4-14-25-15-12-24(13-16-25)11-10-23(28)26(19-24)18-21-8-5-17-29-21/h1-3,6-7,21H,4-5,8-19H2/t21-/m1/s1. The van der Waals surface area contributed by atoms with Gasteiger partial charge < -0.3 is 14.5 Å². The summed E-state index contributed by atoms with van der Waals surface area (Å²) < 4.78 is 5.76. The van der Waals surface area contributed by atoms with Crippen LogP contribution in [0, 0.1) is 5.41 Å². The van der Waals surface area contributed by atoms with Gasteiger partial charge in [0.25, 0.3) is 0 Å². The third-order valence-electron chi connectivity index (χ3n) is 7.09. The summed E-state index contributed by atoms with van der Waals surface area (Å²) in [5.41, 5.74) is 1.12. The monoisotopic (exact) mass is 398 g/mol. The van der Waals surface area contributed by atoms with E-state index in [0.29, 0.717) is 24.2 Å². The highest BCUT2D eigenvalue weighted by atomic mass is 16.5. The number of carbonyl (C=O) groups excluding carboxylic acids is 2. The van der Waals surface area contributed by atoms with E-state index in [1.165, 1.54) is 0 Å². The first-order valence-corrected chi connectivity index (χ1v) is 11.3. The summed E-state index contributed by atoms with van der Waals surface area (Å²) in [6, 6.07) is 9.60. The maximum absolute atomic E-state index is 12.4. The Morgan fingerprint density at radius 1 is 1.14 bits per heavy atom. The summed E-state index contributed by atoms with van der Waals surface area (Å²) in [5, 5.41) is 0. The van der Waals surface area contributed by atoms with Crippen LogP contribution < -0.4 is 0 Å². The number of piperidine rings is 2. The Hall–Kier alpha value is -1.72. The summed E-state index contributed by atoms with van der Waals surface area (Å²) in [4.78, 5) is 29.3. The van der Waals surface area contributed by atoms with Crippen LogP contribution in [-0.4, -0.2) is 66.9 Å². The number of nitrogens with zero attached hydrogens (tertiary/aromatic N) is 2. The van der Waals surface area contributed by atoms with Crippen molar-refractivity contribution in [3.05, 3.63) is 35.9 Å². The van der Waals surface area contributed by atoms with E-state index in [9.17, 15) is 9.59 Å². The van der Waals surface area contributed by atoms with Crippen LogP contribution in [0.25, 0.3) is 0 Å². The number of hydrogen-bond donors (Lipinski definition) is 0. The van der Waals surface area contributed by atoms with Crippen LogP contribution in [0.3, 0.4) is 0 Å². The SMILES string of the molecule is O=C(CCCN1CCC2(CCC(=O)N(C[C@H]3CCCO3)C2)CC1)c1ccccc1. The molecule has 5 nitrogen and oxygen atoms in total. The van der Waals surface area contributed by atoms with Gasteiger partial charge in [0.2, 0.25) is 5.91 Å². The van der Waals surface area contributed by atoms with Gasteiger partial charge in [0.05, 0.1) is 6.10 Å². The minimum atomic E-state index is 0.245. The molecule has 3 heterocycles. The summed E-state index contributed by atoms with van der Waals surface area (Å²) in [5.74, 6) is 0.558. The number of ether oxygens (including phenoxy) is 1. The van der Waals surface area contributed by atoms with Crippen LogP contribution >= 0.6 is 0 Å². The van der Waals surface area contributed by atoms with Crippen LogP contribution in [0.4, 0.5) is 0 Å². The van der Waals surface area contributed by atoms with Gasteiger partial charge in [0.15, 0.2) is 5.78 Å². The molecule has 0 aromatic heterocycles. The number of hydrogen-bond acceptors (Lipinski definition) is 4. The maximum atomic E-state index is 12.4. The van der Waals surface area contributed by atoms with Crippen LogP contribution in [0.2, 0.25) is 0 Å². The summed E-state index contributed by atoms with van der Waals surface area (Å²) in [6.07, 6.45) is 8.05. The average Bonchev–Trinajstić information content (AvgIpc) is 3.26. The Bertz CT molecular complexity index is 691. The molecule has 3 aliphatic rings. The van der Waals surface area contributed by atoms with Gasteiger partial charge in [-0.3, -0.25) is 9.59 Å². The second kappa shape index (κ2) is 9.40. The quantitative estimate of drug-likeness (QED) is 0.660. The van der Waals surface area contributed by atoms with Crippen LogP contribution in [0.15, 0.2) is 30.3 Å². The van der Waals surface area contributed by atoms with Crippen LogP contribution in [0.1, 0.15) is 61.7 Å². The molecule has 1 aromatic carbocycles. The number of benzene rings is 1. The Balaban J connectivity index is 1.21. The van der Waals surface area contributed by atoms with Crippen molar-refractivity contribution >= 4 is 11.7 Å². The topological polar surface area (TPSA) is 49.9 Å². The van der Waals surface area contributed by atoms with Gasteiger partial charge >= 0.3 is 0 Å². The van der Waals surface area contributed by atoms with E-state index in [2.05, 4.69) is 9.80 Å². The lowest BCUT2D eigenvalue weighted by Crippen LogP contribution is -2.53. The minimum absolute atomic E-state index is 0.245. The number of carbonyl (C=O) groups is 2. The Labute approximate surface area is 174 Å². The predicted octanol–water partition coefficient (Wildman–Crippen LogP) is 3.53. The molecule has 3 fully saturated rings. The molecule has 1 aromatic rings. The molecule has 0 N–H and O–H groups in total. The van der Waals surface area contributed by atoms with E-state index >= 15 is 0 Å². The van der Waals surface area contributed by atoms with Gasteiger partial charge in [-0.2, -0.15) is 0 Å². The third-order valence-corrected chi connectivity index (χ3v) is 7.09. The van der Waals surface area contributed by atoms with Gasteiger partial charge in [0.1, 0.15) is 0 Å². The van der Waals surface area contributed by atoms with Gasteiger partial charge in [-0.15, -0.1) is 0 Å². The van der Waals surface area contributed by atoms with Gasteiger partial charge in [0, 0.05) is 38.1 Å². The summed E-state index contributed by atoms with van der Waals surface area (Å²) in [6.45, 7) is 5.70. The first-order chi connectivity index (χ1) is 14.1. The maximum Gasteiger partial charge on any atom is 0.222 e. The predicted molar refractivity (Wildman–Crippen MR) is 113 cm³/mol. The highest BCUT2D eigenvalue weighted by Gasteiger charge is 2.41. The van der Waals surface area contributed by atoms with Crippen molar-refractivity contribution in [2.24, 2.45) is 5.41 Å². The fraction of sp³-hybridized carbons (Fsp3) is 0.667. The molecule has 3 saturated heterocycles. The molecule has 0 unspecified atom stereocenters. The normalized spacial score (nSPS) is 24.9. The van der Waals surface area contributed by atoms with Crippen molar-refractivity contribution < 1.29 is 14.3 Å². The van der Waals surface area contributed by atoms with E-state index < -0.39 is 0 Å². The third kappa shape index (κ3) is 5.26. The van der Waals surface area contributed by atoms with Crippen molar-refractivity contribution in [1.29, 1.82) is 0 Å².